The van der Waals surface area contributed by atoms with Crippen LogP contribution in [0.2, 0.25) is 0 Å². The van der Waals surface area contributed by atoms with Gasteiger partial charge in [-0.1, -0.05) is 0 Å². The quantitative estimate of drug-likeness (QED) is 0.0571. The van der Waals surface area contributed by atoms with Crippen LogP contribution in [0, 0.1) is 0 Å². The molecule has 476 valence electrons. The van der Waals surface area contributed by atoms with E-state index in [9.17, 15) is 107 Å². The predicted molar refractivity (Wildman–Crippen MR) is 252 cm³/mol. The summed E-state index contributed by atoms with van der Waals surface area (Å²) in [6.07, 6.45) is -64.7. The maximum Gasteiger partial charge on any atom is 0.217 e. The number of ether oxygens (including phenoxy) is 13. The molecule has 0 aliphatic carbocycles. The molecule has 0 saturated carbocycles. The van der Waals surface area contributed by atoms with Crippen LogP contribution in [-0.4, -0.2) is 357 Å². The number of carbonyl (C=O) groups is 2. The summed E-state index contributed by atoms with van der Waals surface area (Å²) in [6, 6.07) is -3.74. The molecule has 7 heterocycles. The van der Waals surface area contributed by atoms with Gasteiger partial charge in [-0.25, -0.2) is 0 Å². The lowest BCUT2D eigenvalue weighted by Crippen LogP contribution is -2.72. The minimum absolute atomic E-state index is 0.830. The van der Waals surface area contributed by atoms with E-state index in [0.29, 0.717) is 0 Å². The van der Waals surface area contributed by atoms with Crippen LogP contribution >= 0.6 is 0 Å². The molecule has 0 aromatic heterocycles. The average molecular weight is 1200 g/mol. The normalized spacial score (nSPS) is 51.3. The number of aliphatic hydroxyl groups excluding tert-OH is 19. The van der Waals surface area contributed by atoms with Gasteiger partial charge in [0.1, 0.15) is 159 Å². The molecular formula is C46H78N2O34. The van der Waals surface area contributed by atoms with Gasteiger partial charge in [-0.3, -0.25) is 9.59 Å². The Bertz CT molecular complexity index is 2030. The van der Waals surface area contributed by atoms with E-state index in [-0.39, 0.29) is 0 Å². The molecule has 7 rings (SSSR count). The van der Waals surface area contributed by atoms with Crippen molar-refractivity contribution in [3.63, 3.8) is 0 Å². The zero-order valence-electron chi connectivity index (χ0n) is 44.4. The predicted octanol–water partition coefficient (Wildman–Crippen LogP) is -13.9. The summed E-state index contributed by atoms with van der Waals surface area (Å²) < 4.78 is 77.5. The Kier molecular flexibility index (Phi) is 23.5. The van der Waals surface area contributed by atoms with Crippen molar-refractivity contribution in [3.05, 3.63) is 0 Å². The molecular weight excluding hydrogens is 1120 g/mol. The lowest BCUT2D eigenvalue weighted by atomic mass is 9.93. The van der Waals surface area contributed by atoms with Gasteiger partial charge in [0.25, 0.3) is 0 Å². The van der Waals surface area contributed by atoms with E-state index in [1.54, 1.807) is 0 Å². The molecule has 21 N–H and O–H groups in total. The van der Waals surface area contributed by atoms with Crippen molar-refractivity contribution >= 4 is 11.8 Å². The Labute approximate surface area is 465 Å². The zero-order valence-corrected chi connectivity index (χ0v) is 44.4. The maximum absolute atomic E-state index is 13.4. The molecule has 36 nitrogen and oxygen atoms in total. The Morgan fingerprint density at radius 3 is 1.22 bits per heavy atom. The average Bonchev–Trinajstić information content (AvgIpc) is 3.47. The van der Waals surface area contributed by atoms with Gasteiger partial charge >= 0.3 is 0 Å². The van der Waals surface area contributed by atoms with E-state index in [1.807, 2.05) is 0 Å². The van der Waals surface area contributed by atoms with Gasteiger partial charge in [0.05, 0.1) is 45.2 Å². The second kappa shape index (κ2) is 28.7. The first kappa shape index (κ1) is 67.2. The first-order chi connectivity index (χ1) is 38.7. The molecule has 7 fully saturated rings. The summed E-state index contributed by atoms with van der Waals surface area (Å²) >= 11 is 0. The van der Waals surface area contributed by atoms with Gasteiger partial charge < -0.3 is 169 Å². The van der Waals surface area contributed by atoms with E-state index in [0.717, 1.165) is 13.8 Å². The van der Waals surface area contributed by atoms with Crippen molar-refractivity contribution in [2.24, 2.45) is 0 Å². The van der Waals surface area contributed by atoms with Crippen LogP contribution in [0.5, 0.6) is 0 Å². The summed E-state index contributed by atoms with van der Waals surface area (Å²) in [5, 5.41) is 212. The van der Waals surface area contributed by atoms with Gasteiger partial charge in [0.2, 0.25) is 11.8 Å². The number of nitrogens with one attached hydrogen (secondary N) is 2. The van der Waals surface area contributed by atoms with E-state index in [2.05, 4.69) is 10.6 Å². The number of hydrogen-bond acceptors (Lipinski definition) is 34. The van der Waals surface area contributed by atoms with Crippen LogP contribution in [-0.2, 0) is 71.2 Å². The molecule has 0 bridgehead atoms. The molecule has 0 unspecified atom stereocenters. The minimum atomic E-state index is -2.30. The SMILES string of the molecule is CC(=O)N[C@H]1[C@@H](O[C@H]2[C@@H](O)[C@@H](CO)O[C@@H](O[C@@H]3[C@@H](NC(C)=O)[C@H](O[C@H]4[C@@H](O)[C@@H](CO)O[C@@H](O[C@H]5[C@H](O)[C@@H](O)[C@H](O)O[C@@H]5CO)[C@@H]4O)O[C@H](CO)[C@H]3O[C@@H]3O[C@@H](C)[C@@H](O)[C@@H](O)[C@@H]3O)[C@@H]2O[C@@H]2O[C@@H](C)[C@@H](O)[C@@H](O)[C@@H]2O)O[C@H](CO)[C@H](O)[C@@H]1O. The lowest BCUT2D eigenvalue weighted by Gasteiger charge is -2.53. The van der Waals surface area contributed by atoms with Gasteiger partial charge in [-0.2, -0.15) is 0 Å². The highest BCUT2D eigenvalue weighted by Gasteiger charge is 2.60. The van der Waals surface area contributed by atoms with Gasteiger partial charge in [-0.15, -0.1) is 0 Å². The molecule has 82 heavy (non-hydrogen) atoms. The lowest BCUT2D eigenvalue weighted by molar-refractivity contribution is -0.408. The Morgan fingerprint density at radius 2 is 0.695 bits per heavy atom. The summed E-state index contributed by atoms with van der Waals surface area (Å²) in [5.41, 5.74) is 0. The van der Waals surface area contributed by atoms with Crippen molar-refractivity contribution in [2.75, 3.05) is 33.0 Å². The van der Waals surface area contributed by atoms with Crippen LogP contribution in [0.3, 0.4) is 0 Å². The molecule has 7 aliphatic heterocycles. The van der Waals surface area contributed by atoms with Crippen LogP contribution in [0.15, 0.2) is 0 Å². The third-order valence-corrected chi connectivity index (χ3v) is 15.3. The topological polar surface area (TPSA) is 563 Å². The highest BCUT2D eigenvalue weighted by Crippen LogP contribution is 2.40. The smallest absolute Gasteiger partial charge is 0.217 e. The number of rotatable bonds is 19. The van der Waals surface area contributed by atoms with E-state index in [4.69, 9.17) is 61.6 Å². The van der Waals surface area contributed by atoms with Crippen molar-refractivity contribution < 1.29 is 168 Å². The number of hydrogen-bond donors (Lipinski definition) is 21. The number of aliphatic hydroxyl groups is 19. The van der Waals surface area contributed by atoms with E-state index >= 15 is 0 Å². The van der Waals surface area contributed by atoms with Gasteiger partial charge in [-0.05, 0) is 13.8 Å². The maximum atomic E-state index is 13.4. The van der Waals surface area contributed by atoms with Crippen LogP contribution < -0.4 is 10.6 Å². The fourth-order valence-corrected chi connectivity index (χ4v) is 10.7. The van der Waals surface area contributed by atoms with Gasteiger partial charge in [0.15, 0.2) is 44.0 Å². The molecule has 36 heteroatoms. The highest BCUT2D eigenvalue weighted by atomic mass is 16.8. The van der Waals surface area contributed by atoms with Crippen LogP contribution in [0.4, 0.5) is 0 Å². The summed E-state index contributed by atoms with van der Waals surface area (Å²) in [6.45, 7) is -0.779. The fraction of sp³-hybridized carbons (Fsp3) is 0.957. The van der Waals surface area contributed by atoms with E-state index < -0.39 is 260 Å². The third-order valence-electron chi connectivity index (χ3n) is 15.3. The Hall–Kier alpha value is -2.34. The molecule has 2 amide bonds. The van der Waals surface area contributed by atoms with Crippen molar-refractivity contribution in [3.8, 4) is 0 Å². The number of amides is 2. The number of carbonyl (C=O) groups excluding carboxylic acids is 2. The van der Waals surface area contributed by atoms with E-state index in [1.165, 1.54) is 13.8 Å². The van der Waals surface area contributed by atoms with Crippen molar-refractivity contribution in [2.45, 2.75) is 243 Å². The second-order valence-electron chi connectivity index (χ2n) is 21.0. The molecule has 7 aliphatic rings. The molecule has 7 saturated heterocycles. The second-order valence-corrected chi connectivity index (χ2v) is 21.0. The molecule has 0 spiro atoms. The van der Waals surface area contributed by atoms with Crippen molar-refractivity contribution in [1.29, 1.82) is 0 Å². The molecule has 0 aromatic rings. The Balaban J connectivity index is 1.33. The Morgan fingerprint density at radius 1 is 0.317 bits per heavy atom. The molecule has 0 aromatic carbocycles. The largest absolute Gasteiger partial charge is 0.394 e. The van der Waals surface area contributed by atoms with Crippen LogP contribution in [0.25, 0.3) is 0 Å². The summed E-state index contributed by atoms with van der Waals surface area (Å²) in [7, 11) is 0. The fourth-order valence-electron chi connectivity index (χ4n) is 10.7. The van der Waals surface area contributed by atoms with Crippen molar-refractivity contribution in [1.82, 2.24) is 10.6 Å². The summed E-state index contributed by atoms with van der Waals surface area (Å²) in [5.74, 6) is -1.80. The zero-order chi connectivity index (χ0) is 60.5. The summed E-state index contributed by atoms with van der Waals surface area (Å²) in [4.78, 5) is 25.9. The van der Waals surface area contributed by atoms with Crippen LogP contribution in [0.1, 0.15) is 27.7 Å². The molecule has 0 radical (unpaired) electrons. The highest BCUT2D eigenvalue weighted by molar-refractivity contribution is 5.73. The first-order valence-electron chi connectivity index (χ1n) is 26.3. The first-order valence-corrected chi connectivity index (χ1v) is 26.3. The molecule has 35 atom stereocenters. The third kappa shape index (κ3) is 14.1. The monoisotopic (exact) mass is 1200 g/mol. The standard InChI is InChI=1S/C46H78N2O34/c1-10-21(56)27(62)31(66)43(70-10)78-35-18(9-53)76-42(80-37-24(59)15(6-50)74-45(33(37)68)77-34-17(8-52)72-40(69)30(65)29(34)64)20(48-13(4)55)36(35)79-46-39(82-44-32(67)28(63)22(57)11(2)71-44)38(25(60)16(7-51)75-46)81-41-19(47-12(3)54)26(61)23(58)14(5-49)73-41/h10-11,14-46,49-53,56-69H,5-9H2,1-4H3,(H,47,54)(H,48,55)/t10-,11-,14+,15+,16+,17+,18+,19+,20+,21+,22+,23-,24-,25-,26+,27+,28+,29+,30+,31-,32-,33+,34+,35+,36+,37-,38-,39+,40+,41+,42-,43-,44-,45-,46-/m0/s1. The minimum Gasteiger partial charge on any atom is -0.394 e. The van der Waals surface area contributed by atoms with Gasteiger partial charge in [0, 0.05) is 13.8 Å².